The van der Waals surface area contributed by atoms with Crippen molar-refractivity contribution in [3.05, 3.63) is 59.9 Å². The molecule has 0 spiro atoms. The number of carbonyl (C=O) groups is 2. The van der Waals surface area contributed by atoms with E-state index in [0.717, 1.165) is 5.56 Å². The molecule has 0 radical (unpaired) electrons. The second-order valence-corrected chi connectivity index (χ2v) is 6.52. The van der Waals surface area contributed by atoms with Crippen molar-refractivity contribution in [1.29, 1.82) is 0 Å². The van der Waals surface area contributed by atoms with Gasteiger partial charge >= 0.3 is 0 Å². The number of amides is 2. The van der Waals surface area contributed by atoms with Crippen molar-refractivity contribution in [2.24, 2.45) is 10.2 Å². The van der Waals surface area contributed by atoms with Crippen LogP contribution in [-0.4, -0.2) is 22.5 Å². The molecule has 2 aromatic rings. The van der Waals surface area contributed by atoms with Gasteiger partial charge in [-0.2, -0.15) is 10.2 Å². The van der Waals surface area contributed by atoms with Crippen molar-refractivity contribution < 1.29 is 9.59 Å². The molecule has 142 valence electrons. The lowest BCUT2D eigenvalue weighted by atomic mass is 10.0. The SMILES string of the molecule is C#CCCC1(CCC(=O)Nc2ccccc2C(=O)NCc2cccnc2)N=N1. The Bertz CT molecular complexity index is 912. The minimum atomic E-state index is -0.496. The molecule has 28 heavy (non-hydrogen) atoms. The highest BCUT2D eigenvalue weighted by Gasteiger charge is 2.39. The molecule has 0 bridgehead atoms. The smallest absolute Gasteiger partial charge is 0.253 e. The standard InChI is InChI=1S/C21H21N5O2/c1-2-3-11-21(25-26-21)12-10-19(27)24-18-9-5-4-8-17(18)20(28)23-15-16-7-6-13-22-14-16/h1,4-9,13-14H,3,10-12,15H2,(H,23,28)(H,24,27). The van der Waals surface area contributed by atoms with E-state index in [1.54, 1.807) is 36.7 Å². The predicted octanol–water partition coefficient (Wildman–Crippen LogP) is 3.31. The summed E-state index contributed by atoms with van der Waals surface area (Å²) in [5.41, 5.74) is 1.28. The van der Waals surface area contributed by atoms with Crippen molar-refractivity contribution in [2.45, 2.75) is 37.9 Å². The molecule has 0 atom stereocenters. The number of anilines is 1. The number of hydrogen-bond donors (Lipinski definition) is 2. The third-order valence-corrected chi connectivity index (χ3v) is 4.43. The summed E-state index contributed by atoms with van der Waals surface area (Å²) in [4.78, 5) is 28.9. The van der Waals surface area contributed by atoms with E-state index in [1.165, 1.54) is 0 Å². The Labute approximate surface area is 163 Å². The largest absolute Gasteiger partial charge is 0.348 e. The molecule has 0 saturated heterocycles. The maximum absolute atomic E-state index is 12.5. The van der Waals surface area contributed by atoms with E-state index in [1.807, 2.05) is 12.1 Å². The molecule has 1 aliphatic heterocycles. The van der Waals surface area contributed by atoms with E-state index < -0.39 is 5.66 Å². The molecular formula is C21H21N5O2. The molecule has 1 aromatic heterocycles. The third-order valence-electron chi connectivity index (χ3n) is 4.43. The van der Waals surface area contributed by atoms with Gasteiger partial charge in [-0.3, -0.25) is 14.6 Å². The maximum Gasteiger partial charge on any atom is 0.253 e. The average Bonchev–Trinajstić information content (AvgIpc) is 3.50. The number of terminal acetylenes is 1. The second kappa shape index (κ2) is 8.91. The number of carbonyl (C=O) groups excluding carboxylic acids is 2. The zero-order valence-corrected chi connectivity index (χ0v) is 15.4. The van der Waals surface area contributed by atoms with Gasteiger partial charge < -0.3 is 10.6 Å². The van der Waals surface area contributed by atoms with E-state index in [9.17, 15) is 9.59 Å². The van der Waals surface area contributed by atoms with Crippen LogP contribution >= 0.6 is 0 Å². The van der Waals surface area contributed by atoms with Crippen molar-refractivity contribution in [3.8, 4) is 12.3 Å². The molecular weight excluding hydrogens is 354 g/mol. The quantitative estimate of drug-likeness (QED) is 0.658. The Balaban J connectivity index is 1.55. The predicted molar refractivity (Wildman–Crippen MR) is 105 cm³/mol. The lowest BCUT2D eigenvalue weighted by Crippen LogP contribution is -2.25. The van der Waals surface area contributed by atoms with Crippen LogP contribution < -0.4 is 10.6 Å². The molecule has 0 aliphatic carbocycles. The first-order chi connectivity index (χ1) is 13.6. The topological polar surface area (TPSA) is 95.8 Å². The van der Waals surface area contributed by atoms with E-state index in [0.29, 0.717) is 37.1 Å². The summed E-state index contributed by atoms with van der Waals surface area (Å²) in [6.07, 6.45) is 10.6. The van der Waals surface area contributed by atoms with Gasteiger partial charge in [0.1, 0.15) is 0 Å². The fourth-order valence-electron chi connectivity index (χ4n) is 2.76. The van der Waals surface area contributed by atoms with Gasteiger partial charge in [-0.15, -0.1) is 12.3 Å². The van der Waals surface area contributed by atoms with Crippen LogP contribution in [-0.2, 0) is 11.3 Å². The molecule has 0 saturated carbocycles. The van der Waals surface area contributed by atoms with Gasteiger partial charge in [0.05, 0.1) is 11.3 Å². The number of hydrogen-bond acceptors (Lipinski definition) is 5. The summed E-state index contributed by atoms with van der Waals surface area (Å²) in [5, 5.41) is 13.7. The first kappa shape index (κ1) is 19.2. The molecule has 2 heterocycles. The molecule has 0 unspecified atom stereocenters. The van der Waals surface area contributed by atoms with Gasteiger partial charge in [0.15, 0.2) is 5.66 Å². The zero-order valence-electron chi connectivity index (χ0n) is 15.4. The van der Waals surface area contributed by atoms with Crippen LogP contribution in [0.5, 0.6) is 0 Å². The van der Waals surface area contributed by atoms with Crippen LogP contribution in [0.15, 0.2) is 59.0 Å². The number of nitrogens with one attached hydrogen (secondary N) is 2. The fraction of sp³-hybridized carbons (Fsp3) is 0.286. The van der Waals surface area contributed by atoms with E-state index in [4.69, 9.17) is 6.42 Å². The third kappa shape index (κ3) is 5.24. The number of nitrogens with zero attached hydrogens (tertiary/aromatic N) is 3. The summed E-state index contributed by atoms with van der Waals surface area (Å²) in [7, 11) is 0. The Morgan fingerprint density at radius 1 is 1.11 bits per heavy atom. The summed E-state index contributed by atoms with van der Waals surface area (Å²) < 4.78 is 0. The van der Waals surface area contributed by atoms with E-state index in [-0.39, 0.29) is 18.2 Å². The summed E-state index contributed by atoms with van der Waals surface area (Å²) in [6, 6.07) is 10.6. The molecule has 1 aromatic carbocycles. The Morgan fingerprint density at radius 2 is 1.93 bits per heavy atom. The van der Waals surface area contributed by atoms with Crippen LogP contribution in [0.3, 0.4) is 0 Å². The second-order valence-electron chi connectivity index (χ2n) is 6.52. The van der Waals surface area contributed by atoms with Gasteiger partial charge in [0.2, 0.25) is 5.91 Å². The molecule has 7 nitrogen and oxygen atoms in total. The van der Waals surface area contributed by atoms with Crippen molar-refractivity contribution >= 4 is 17.5 Å². The van der Waals surface area contributed by atoms with Crippen molar-refractivity contribution in [1.82, 2.24) is 10.3 Å². The van der Waals surface area contributed by atoms with E-state index >= 15 is 0 Å². The Morgan fingerprint density at radius 3 is 2.64 bits per heavy atom. The molecule has 7 heteroatoms. The van der Waals surface area contributed by atoms with Crippen LogP contribution in [0.25, 0.3) is 0 Å². The maximum atomic E-state index is 12.5. The van der Waals surface area contributed by atoms with Gasteiger partial charge in [0.25, 0.3) is 5.91 Å². The van der Waals surface area contributed by atoms with Crippen molar-refractivity contribution in [3.63, 3.8) is 0 Å². The van der Waals surface area contributed by atoms with Gasteiger partial charge in [-0.1, -0.05) is 18.2 Å². The highest BCUT2D eigenvalue weighted by atomic mass is 16.2. The lowest BCUT2D eigenvalue weighted by Gasteiger charge is -2.12. The monoisotopic (exact) mass is 375 g/mol. The van der Waals surface area contributed by atoms with Crippen LogP contribution in [0, 0.1) is 12.3 Å². The van der Waals surface area contributed by atoms with Gasteiger partial charge in [-0.25, -0.2) is 0 Å². The highest BCUT2D eigenvalue weighted by molar-refractivity contribution is 6.03. The summed E-state index contributed by atoms with van der Waals surface area (Å²) >= 11 is 0. The van der Waals surface area contributed by atoms with Crippen LogP contribution in [0.1, 0.15) is 41.6 Å². The molecule has 0 fully saturated rings. The minimum absolute atomic E-state index is 0.190. The highest BCUT2D eigenvalue weighted by Crippen LogP contribution is 2.37. The molecule has 1 aliphatic rings. The zero-order chi connectivity index (χ0) is 19.8. The fourth-order valence-corrected chi connectivity index (χ4v) is 2.76. The first-order valence-corrected chi connectivity index (χ1v) is 9.05. The van der Waals surface area contributed by atoms with Crippen molar-refractivity contribution in [2.75, 3.05) is 5.32 Å². The normalized spacial score (nSPS) is 13.4. The molecule has 2 amide bonds. The Hall–Kier alpha value is -3.53. The van der Waals surface area contributed by atoms with Gasteiger partial charge in [0, 0.05) is 44.6 Å². The number of para-hydroxylation sites is 1. The number of rotatable bonds is 9. The average molecular weight is 375 g/mol. The minimum Gasteiger partial charge on any atom is -0.348 e. The molecule has 3 rings (SSSR count). The van der Waals surface area contributed by atoms with E-state index in [2.05, 4.69) is 31.8 Å². The summed E-state index contributed by atoms with van der Waals surface area (Å²) in [6.45, 7) is 0.357. The number of benzene rings is 1. The molecule has 2 N–H and O–H groups in total. The van der Waals surface area contributed by atoms with Crippen LogP contribution in [0.4, 0.5) is 5.69 Å². The lowest BCUT2D eigenvalue weighted by molar-refractivity contribution is -0.116. The summed E-state index contributed by atoms with van der Waals surface area (Å²) in [5.74, 6) is 2.11. The first-order valence-electron chi connectivity index (χ1n) is 9.05. The van der Waals surface area contributed by atoms with Gasteiger partial charge in [-0.05, 0) is 23.8 Å². The van der Waals surface area contributed by atoms with Crippen LogP contribution in [0.2, 0.25) is 0 Å². The number of pyridine rings is 1. The number of aromatic nitrogens is 1. The Kier molecular flexibility index (Phi) is 6.12.